The molecular formula is C11H19N. The summed E-state index contributed by atoms with van der Waals surface area (Å²) >= 11 is 0. The van der Waals surface area contributed by atoms with E-state index < -0.39 is 0 Å². The van der Waals surface area contributed by atoms with E-state index in [1.54, 1.807) is 0 Å². The van der Waals surface area contributed by atoms with Gasteiger partial charge in [-0.2, -0.15) is 0 Å². The zero-order valence-corrected chi connectivity index (χ0v) is 8.14. The average molecular weight is 165 g/mol. The molecule has 0 saturated carbocycles. The van der Waals surface area contributed by atoms with Gasteiger partial charge in [-0.15, -0.1) is 0 Å². The first-order valence-electron chi connectivity index (χ1n) is 4.46. The van der Waals surface area contributed by atoms with E-state index in [2.05, 4.69) is 32.6 Å². The van der Waals surface area contributed by atoms with Gasteiger partial charge in [0.25, 0.3) is 0 Å². The topological polar surface area (TPSA) is 26.0 Å². The summed E-state index contributed by atoms with van der Waals surface area (Å²) in [5, 5.41) is 0. The molecule has 0 aliphatic heterocycles. The zero-order chi connectivity index (χ0) is 9.40. The number of hydrogen-bond acceptors (Lipinski definition) is 1. The quantitative estimate of drug-likeness (QED) is 0.623. The van der Waals surface area contributed by atoms with E-state index in [1.807, 2.05) is 6.08 Å². The maximum absolute atomic E-state index is 5.52. The predicted octanol–water partition coefficient (Wildman–Crippen LogP) is 2.80. The molecule has 12 heavy (non-hydrogen) atoms. The molecule has 2 N–H and O–H groups in total. The van der Waals surface area contributed by atoms with E-state index in [0.717, 1.165) is 12.0 Å². The highest BCUT2D eigenvalue weighted by molar-refractivity contribution is 5.29. The molecule has 0 rings (SSSR count). The SMILES string of the molecule is C=C/C(=C\C(=C/C)CCC)CN. The Morgan fingerprint density at radius 2 is 2.08 bits per heavy atom. The van der Waals surface area contributed by atoms with Crippen molar-refractivity contribution in [2.24, 2.45) is 5.73 Å². The van der Waals surface area contributed by atoms with E-state index >= 15 is 0 Å². The Balaban J connectivity index is 4.33. The maximum atomic E-state index is 5.52. The number of allylic oxidation sites excluding steroid dienone is 3. The Morgan fingerprint density at radius 3 is 2.42 bits per heavy atom. The molecule has 0 aromatic rings. The number of hydrogen-bond donors (Lipinski definition) is 1. The molecule has 0 aliphatic carbocycles. The van der Waals surface area contributed by atoms with Crippen molar-refractivity contribution in [3.63, 3.8) is 0 Å². The zero-order valence-electron chi connectivity index (χ0n) is 8.14. The van der Waals surface area contributed by atoms with Gasteiger partial charge >= 0.3 is 0 Å². The Kier molecular flexibility index (Phi) is 6.39. The lowest BCUT2D eigenvalue weighted by Crippen LogP contribution is -2.00. The van der Waals surface area contributed by atoms with E-state index in [0.29, 0.717) is 6.54 Å². The molecular weight excluding hydrogens is 146 g/mol. The summed E-state index contributed by atoms with van der Waals surface area (Å²) in [6, 6.07) is 0. The van der Waals surface area contributed by atoms with Gasteiger partial charge in [0.15, 0.2) is 0 Å². The first-order chi connectivity index (χ1) is 5.78. The normalized spacial score (nSPS) is 13.2. The Hall–Kier alpha value is -0.820. The third kappa shape index (κ3) is 4.14. The van der Waals surface area contributed by atoms with Crippen LogP contribution >= 0.6 is 0 Å². The van der Waals surface area contributed by atoms with Gasteiger partial charge in [0, 0.05) is 6.54 Å². The van der Waals surface area contributed by atoms with Crippen molar-refractivity contribution in [3.05, 3.63) is 36.0 Å². The van der Waals surface area contributed by atoms with Gasteiger partial charge in [0.2, 0.25) is 0 Å². The molecule has 0 atom stereocenters. The molecule has 1 nitrogen and oxygen atoms in total. The summed E-state index contributed by atoms with van der Waals surface area (Å²) in [5.41, 5.74) is 7.97. The fourth-order valence-electron chi connectivity index (χ4n) is 1.03. The van der Waals surface area contributed by atoms with E-state index in [1.165, 1.54) is 12.0 Å². The van der Waals surface area contributed by atoms with E-state index in [-0.39, 0.29) is 0 Å². The highest BCUT2D eigenvalue weighted by atomic mass is 14.5. The third-order valence-corrected chi connectivity index (χ3v) is 1.78. The maximum Gasteiger partial charge on any atom is 0.0177 e. The summed E-state index contributed by atoms with van der Waals surface area (Å²) in [5.74, 6) is 0. The van der Waals surface area contributed by atoms with Crippen molar-refractivity contribution in [2.45, 2.75) is 26.7 Å². The fraction of sp³-hybridized carbons (Fsp3) is 0.455. The fourth-order valence-corrected chi connectivity index (χ4v) is 1.03. The van der Waals surface area contributed by atoms with Crippen LogP contribution in [0.25, 0.3) is 0 Å². The molecule has 0 spiro atoms. The van der Waals surface area contributed by atoms with Crippen molar-refractivity contribution < 1.29 is 0 Å². The van der Waals surface area contributed by atoms with Crippen LogP contribution in [0.2, 0.25) is 0 Å². The summed E-state index contributed by atoms with van der Waals surface area (Å²) < 4.78 is 0. The van der Waals surface area contributed by atoms with Gasteiger partial charge in [0.05, 0.1) is 0 Å². The molecule has 1 heteroatoms. The molecule has 0 bridgehead atoms. The molecule has 0 radical (unpaired) electrons. The van der Waals surface area contributed by atoms with Crippen LogP contribution in [0.5, 0.6) is 0 Å². The minimum Gasteiger partial charge on any atom is -0.326 e. The van der Waals surface area contributed by atoms with Gasteiger partial charge < -0.3 is 5.73 Å². The van der Waals surface area contributed by atoms with E-state index in [4.69, 9.17) is 5.73 Å². The summed E-state index contributed by atoms with van der Waals surface area (Å²) in [6.45, 7) is 8.51. The Bertz CT molecular complexity index is 187. The average Bonchev–Trinajstić information content (AvgIpc) is 2.12. The van der Waals surface area contributed by atoms with Crippen molar-refractivity contribution in [2.75, 3.05) is 6.54 Å². The number of nitrogens with two attached hydrogens (primary N) is 1. The first-order valence-corrected chi connectivity index (χ1v) is 4.46. The molecule has 0 aromatic heterocycles. The second-order valence-electron chi connectivity index (χ2n) is 2.74. The van der Waals surface area contributed by atoms with Crippen molar-refractivity contribution in [1.82, 2.24) is 0 Å². The van der Waals surface area contributed by atoms with Crippen LogP contribution in [-0.2, 0) is 0 Å². The highest BCUT2D eigenvalue weighted by Gasteiger charge is 1.91. The van der Waals surface area contributed by atoms with Crippen LogP contribution in [0.3, 0.4) is 0 Å². The van der Waals surface area contributed by atoms with Crippen LogP contribution in [-0.4, -0.2) is 6.54 Å². The lowest BCUT2D eigenvalue weighted by molar-refractivity contribution is 0.921. The van der Waals surface area contributed by atoms with Gasteiger partial charge in [-0.1, -0.05) is 43.7 Å². The van der Waals surface area contributed by atoms with Crippen molar-refractivity contribution in [1.29, 1.82) is 0 Å². The van der Waals surface area contributed by atoms with Gasteiger partial charge in [-0.25, -0.2) is 0 Å². The molecule has 0 aliphatic rings. The third-order valence-electron chi connectivity index (χ3n) is 1.78. The molecule has 0 fully saturated rings. The largest absolute Gasteiger partial charge is 0.326 e. The standard InChI is InChI=1S/C11H19N/c1-4-7-10(5-2)8-11(6-3)9-12/h5-6,8H,3-4,7,9,12H2,1-2H3/b10-5-,11-8+. The Labute approximate surface area is 75.7 Å². The molecule has 68 valence electrons. The van der Waals surface area contributed by atoms with Crippen LogP contribution in [0.1, 0.15) is 26.7 Å². The summed E-state index contributed by atoms with van der Waals surface area (Å²) in [7, 11) is 0. The molecule has 0 heterocycles. The lowest BCUT2D eigenvalue weighted by atomic mass is 10.1. The van der Waals surface area contributed by atoms with Gasteiger partial charge in [-0.3, -0.25) is 0 Å². The first kappa shape index (κ1) is 11.2. The Morgan fingerprint density at radius 1 is 1.42 bits per heavy atom. The molecule has 0 unspecified atom stereocenters. The second kappa shape index (κ2) is 6.86. The van der Waals surface area contributed by atoms with Crippen LogP contribution in [0, 0.1) is 0 Å². The summed E-state index contributed by atoms with van der Waals surface area (Å²) in [4.78, 5) is 0. The minimum absolute atomic E-state index is 0.574. The minimum atomic E-state index is 0.574. The molecule has 0 saturated heterocycles. The smallest absolute Gasteiger partial charge is 0.0177 e. The predicted molar refractivity (Wildman–Crippen MR) is 56.0 cm³/mol. The van der Waals surface area contributed by atoms with Crippen molar-refractivity contribution in [3.8, 4) is 0 Å². The molecule has 0 aromatic carbocycles. The summed E-state index contributed by atoms with van der Waals surface area (Å²) in [6.07, 6.45) is 8.36. The second-order valence-corrected chi connectivity index (χ2v) is 2.74. The monoisotopic (exact) mass is 165 g/mol. The number of rotatable bonds is 5. The van der Waals surface area contributed by atoms with Gasteiger partial charge in [0.1, 0.15) is 0 Å². The lowest BCUT2D eigenvalue weighted by Gasteiger charge is -2.01. The van der Waals surface area contributed by atoms with Crippen LogP contribution in [0.4, 0.5) is 0 Å². The molecule has 0 amide bonds. The van der Waals surface area contributed by atoms with E-state index in [9.17, 15) is 0 Å². The van der Waals surface area contributed by atoms with Crippen LogP contribution < -0.4 is 5.73 Å². The highest BCUT2D eigenvalue weighted by Crippen LogP contribution is 2.09. The van der Waals surface area contributed by atoms with Crippen molar-refractivity contribution >= 4 is 0 Å². The van der Waals surface area contributed by atoms with Crippen LogP contribution in [0.15, 0.2) is 36.0 Å². The van der Waals surface area contributed by atoms with Gasteiger partial charge in [-0.05, 0) is 18.9 Å².